The van der Waals surface area contributed by atoms with Crippen LogP contribution >= 0.6 is 23.1 Å². The lowest BCUT2D eigenvalue weighted by Gasteiger charge is -2.10. The molecule has 1 N–H and O–H groups in total. The highest BCUT2D eigenvalue weighted by molar-refractivity contribution is 8.14. The zero-order valence-corrected chi connectivity index (χ0v) is 12.2. The molecule has 0 amide bonds. The molecule has 1 unspecified atom stereocenters. The molecule has 0 bridgehead atoms. The minimum absolute atomic E-state index is 0.663. The monoisotopic (exact) mass is 269 g/mol. The van der Waals surface area contributed by atoms with Gasteiger partial charge < -0.3 is 5.32 Å². The molecule has 5 heteroatoms. The summed E-state index contributed by atoms with van der Waals surface area (Å²) in [4.78, 5) is 10.1. The van der Waals surface area contributed by atoms with Crippen LogP contribution in [0.25, 0.3) is 0 Å². The topological polar surface area (TPSA) is 37.3 Å². The first kappa shape index (κ1) is 12.9. The summed E-state index contributed by atoms with van der Waals surface area (Å²) in [6.45, 7) is 8.39. The van der Waals surface area contributed by atoms with Crippen molar-refractivity contribution in [3.05, 3.63) is 16.1 Å². The molecule has 0 spiro atoms. The average Bonchev–Trinajstić information content (AvgIpc) is 2.84. The molecule has 1 aliphatic heterocycles. The second-order valence-corrected chi connectivity index (χ2v) is 7.34. The molecule has 0 fully saturated rings. The number of hydrogen-bond donors (Lipinski definition) is 1. The minimum Gasteiger partial charge on any atom is -0.358 e. The summed E-state index contributed by atoms with van der Waals surface area (Å²) in [5.41, 5.74) is 0. The Morgan fingerprint density at radius 3 is 3.00 bits per heavy atom. The molecule has 1 aromatic rings. The van der Waals surface area contributed by atoms with E-state index in [-0.39, 0.29) is 0 Å². The van der Waals surface area contributed by atoms with Crippen molar-refractivity contribution in [2.45, 2.75) is 39.0 Å². The molecule has 1 aliphatic rings. The van der Waals surface area contributed by atoms with E-state index in [0.717, 1.165) is 29.2 Å². The van der Waals surface area contributed by atoms with Gasteiger partial charge in [0.05, 0.1) is 13.1 Å². The molecule has 17 heavy (non-hydrogen) atoms. The number of aryl methyl sites for hydroxylation is 1. The maximum absolute atomic E-state index is 4.54. The number of thiazole rings is 1. The Hall–Kier alpha value is -0.550. The predicted molar refractivity (Wildman–Crippen MR) is 76.8 cm³/mol. The number of thioether (sulfide) groups is 1. The summed E-state index contributed by atoms with van der Waals surface area (Å²) >= 11 is 3.63. The summed E-state index contributed by atoms with van der Waals surface area (Å²) in [7, 11) is 0. The number of rotatable bonds is 4. The van der Waals surface area contributed by atoms with Crippen molar-refractivity contribution >= 4 is 28.3 Å². The van der Waals surface area contributed by atoms with Crippen LogP contribution in [0.15, 0.2) is 11.2 Å². The van der Waals surface area contributed by atoms with Gasteiger partial charge in [-0.15, -0.1) is 11.3 Å². The number of aromatic nitrogens is 1. The van der Waals surface area contributed by atoms with Gasteiger partial charge in [-0.2, -0.15) is 0 Å². The number of nitrogens with zero attached hydrogens (tertiary/aromatic N) is 2. The molecule has 0 aromatic carbocycles. The quantitative estimate of drug-likeness (QED) is 0.913. The van der Waals surface area contributed by atoms with Crippen molar-refractivity contribution in [1.82, 2.24) is 10.3 Å². The van der Waals surface area contributed by atoms with Crippen LogP contribution in [-0.2, 0) is 6.54 Å². The van der Waals surface area contributed by atoms with E-state index in [2.05, 4.69) is 36.1 Å². The van der Waals surface area contributed by atoms with Crippen molar-refractivity contribution < 1.29 is 0 Å². The van der Waals surface area contributed by atoms with Gasteiger partial charge in [0.1, 0.15) is 5.01 Å². The van der Waals surface area contributed by atoms with Crippen LogP contribution < -0.4 is 5.32 Å². The second-order valence-electron chi connectivity index (χ2n) is 4.73. The van der Waals surface area contributed by atoms with E-state index >= 15 is 0 Å². The van der Waals surface area contributed by atoms with E-state index in [9.17, 15) is 0 Å². The molecule has 3 nitrogen and oxygen atoms in total. The van der Waals surface area contributed by atoms with E-state index in [1.54, 1.807) is 11.3 Å². The molecule has 0 saturated heterocycles. The van der Waals surface area contributed by atoms with Gasteiger partial charge >= 0.3 is 0 Å². The fourth-order valence-corrected chi connectivity index (χ4v) is 3.77. The SMILES string of the molecule is Cc1cnc(CNC2=NCC(CC(C)C)S2)s1. The molecule has 1 aromatic heterocycles. The predicted octanol–water partition coefficient (Wildman–Crippen LogP) is 3.06. The first-order valence-corrected chi connectivity index (χ1v) is 7.69. The molecule has 2 rings (SSSR count). The third-order valence-corrected chi connectivity index (χ3v) is 4.60. The highest BCUT2D eigenvalue weighted by atomic mass is 32.2. The molecular weight excluding hydrogens is 250 g/mol. The van der Waals surface area contributed by atoms with Crippen LogP contribution in [0.5, 0.6) is 0 Å². The van der Waals surface area contributed by atoms with Crippen LogP contribution in [0.2, 0.25) is 0 Å². The summed E-state index contributed by atoms with van der Waals surface area (Å²) in [5.74, 6) is 0.753. The Bertz CT molecular complexity index is 398. The van der Waals surface area contributed by atoms with Crippen LogP contribution in [0.3, 0.4) is 0 Å². The van der Waals surface area contributed by atoms with E-state index in [4.69, 9.17) is 0 Å². The second kappa shape index (κ2) is 5.87. The first-order valence-electron chi connectivity index (χ1n) is 5.99. The fraction of sp³-hybridized carbons (Fsp3) is 0.667. The van der Waals surface area contributed by atoms with E-state index in [1.165, 1.54) is 11.3 Å². The minimum atomic E-state index is 0.663. The van der Waals surface area contributed by atoms with E-state index < -0.39 is 0 Å². The van der Waals surface area contributed by atoms with Gasteiger partial charge in [-0.25, -0.2) is 4.98 Å². The van der Waals surface area contributed by atoms with Crippen LogP contribution in [-0.4, -0.2) is 21.9 Å². The molecular formula is C12H19N3S2. The van der Waals surface area contributed by atoms with E-state index in [1.807, 2.05) is 18.0 Å². The summed E-state index contributed by atoms with van der Waals surface area (Å²) in [6, 6.07) is 0. The van der Waals surface area contributed by atoms with Crippen LogP contribution in [0.4, 0.5) is 0 Å². The number of hydrogen-bond acceptors (Lipinski definition) is 5. The Labute approximate surface area is 111 Å². The highest BCUT2D eigenvalue weighted by Gasteiger charge is 2.20. The zero-order valence-electron chi connectivity index (χ0n) is 10.6. The smallest absolute Gasteiger partial charge is 0.157 e. The Morgan fingerprint density at radius 2 is 2.35 bits per heavy atom. The lowest BCUT2D eigenvalue weighted by molar-refractivity contribution is 0.575. The van der Waals surface area contributed by atoms with Gasteiger partial charge in [0.15, 0.2) is 5.17 Å². The van der Waals surface area contributed by atoms with Gasteiger partial charge in [0.2, 0.25) is 0 Å². The standard InChI is InChI=1S/C12H19N3S2/c1-8(2)4-10-6-14-12(17-10)15-7-11-13-5-9(3)16-11/h5,8,10H,4,6-7H2,1-3H3,(H,14,15). The van der Waals surface area contributed by atoms with Crippen LogP contribution in [0, 0.1) is 12.8 Å². The Morgan fingerprint density at radius 1 is 1.53 bits per heavy atom. The molecule has 1 atom stereocenters. The van der Waals surface area contributed by atoms with Crippen molar-refractivity contribution in [3.8, 4) is 0 Å². The summed E-state index contributed by atoms with van der Waals surface area (Å²) in [5, 5.41) is 6.26. The average molecular weight is 269 g/mol. The van der Waals surface area contributed by atoms with Crippen molar-refractivity contribution in [2.24, 2.45) is 10.9 Å². The molecule has 94 valence electrons. The maximum Gasteiger partial charge on any atom is 0.157 e. The van der Waals surface area contributed by atoms with Gasteiger partial charge in [-0.05, 0) is 19.3 Å². The Balaban J connectivity index is 1.74. The highest BCUT2D eigenvalue weighted by Crippen LogP contribution is 2.25. The number of aliphatic imine (C=N–C) groups is 1. The summed E-state index contributed by atoms with van der Waals surface area (Å²) < 4.78 is 0. The largest absolute Gasteiger partial charge is 0.358 e. The zero-order chi connectivity index (χ0) is 12.3. The third-order valence-electron chi connectivity index (χ3n) is 2.51. The van der Waals surface area contributed by atoms with Crippen LogP contribution in [0.1, 0.15) is 30.2 Å². The van der Waals surface area contributed by atoms with Gasteiger partial charge in [0.25, 0.3) is 0 Å². The molecule has 2 heterocycles. The lowest BCUT2D eigenvalue weighted by atomic mass is 10.1. The Kier molecular flexibility index (Phi) is 4.45. The van der Waals surface area contributed by atoms with Gasteiger partial charge in [0, 0.05) is 16.3 Å². The maximum atomic E-state index is 4.54. The van der Waals surface area contributed by atoms with Crippen molar-refractivity contribution in [1.29, 1.82) is 0 Å². The third kappa shape index (κ3) is 4.00. The van der Waals surface area contributed by atoms with Gasteiger partial charge in [-0.3, -0.25) is 4.99 Å². The summed E-state index contributed by atoms with van der Waals surface area (Å²) in [6.07, 6.45) is 3.17. The lowest BCUT2D eigenvalue weighted by Crippen LogP contribution is -2.19. The van der Waals surface area contributed by atoms with Crippen molar-refractivity contribution in [2.75, 3.05) is 6.54 Å². The molecule has 0 radical (unpaired) electrons. The normalized spacial score (nSPS) is 19.8. The number of nitrogens with one attached hydrogen (secondary N) is 1. The fourth-order valence-electron chi connectivity index (χ4n) is 1.80. The molecule has 0 aliphatic carbocycles. The van der Waals surface area contributed by atoms with E-state index in [0.29, 0.717) is 5.25 Å². The molecule has 0 saturated carbocycles. The van der Waals surface area contributed by atoms with Gasteiger partial charge in [-0.1, -0.05) is 25.6 Å². The number of amidine groups is 1. The van der Waals surface area contributed by atoms with Crippen molar-refractivity contribution in [3.63, 3.8) is 0 Å². The first-order chi connectivity index (χ1) is 8.13.